The van der Waals surface area contributed by atoms with Crippen LogP contribution >= 0.6 is 23.2 Å². The number of amides is 1. The fourth-order valence-corrected chi connectivity index (χ4v) is 4.03. The first-order valence-electron chi connectivity index (χ1n) is 9.74. The molecule has 1 amide bonds. The van der Waals surface area contributed by atoms with Crippen molar-refractivity contribution in [2.45, 2.75) is 6.61 Å². The number of carbonyl (C=O) groups is 1. The summed E-state index contributed by atoms with van der Waals surface area (Å²) in [5.74, 6) is 0.0535. The van der Waals surface area contributed by atoms with E-state index < -0.39 is 22.5 Å². The van der Waals surface area contributed by atoms with Gasteiger partial charge in [-0.05, 0) is 54.1 Å². The van der Waals surface area contributed by atoms with Gasteiger partial charge < -0.3 is 4.74 Å². The summed E-state index contributed by atoms with van der Waals surface area (Å²) in [6.45, 7) is -0.0992. The van der Waals surface area contributed by atoms with Crippen LogP contribution in [0, 0.1) is 0 Å². The third kappa shape index (κ3) is 7.49. The number of ether oxygens (including phenoxy) is 1. The largest absolute Gasteiger partial charge is 0.489 e. The quantitative estimate of drug-likeness (QED) is 0.342. The molecule has 0 aromatic heterocycles. The third-order valence-electron chi connectivity index (χ3n) is 4.42. The maximum atomic E-state index is 12.3. The van der Waals surface area contributed by atoms with Crippen LogP contribution in [0.2, 0.25) is 10.0 Å². The summed E-state index contributed by atoms with van der Waals surface area (Å²) in [6, 6.07) is 20.8. The van der Waals surface area contributed by atoms with Crippen molar-refractivity contribution in [1.29, 1.82) is 0 Å². The average molecular weight is 506 g/mol. The molecule has 0 aliphatic heterocycles. The van der Waals surface area contributed by atoms with Crippen molar-refractivity contribution >= 4 is 51.0 Å². The predicted molar refractivity (Wildman–Crippen MR) is 132 cm³/mol. The lowest BCUT2D eigenvalue weighted by atomic mass is 10.2. The Bertz CT molecular complexity index is 1250. The number of halogens is 2. The molecule has 1 N–H and O–H groups in total. The summed E-state index contributed by atoms with van der Waals surface area (Å²) in [7, 11) is -3.70. The van der Waals surface area contributed by atoms with Crippen LogP contribution in [0.25, 0.3) is 0 Å². The van der Waals surface area contributed by atoms with Crippen molar-refractivity contribution in [3.63, 3.8) is 0 Å². The zero-order valence-corrected chi connectivity index (χ0v) is 19.9. The van der Waals surface area contributed by atoms with Crippen LogP contribution in [0.5, 0.6) is 5.75 Å². The van der Waals surface area contributed by atoms with Crippen molar-refractivity contribution < 1.29 is 17.9 Å². The SMILES string of the molecule is CS(=O)(=O)N(CC(=O)N/N=C\c1ccc(OCc2ccccc2Cl)cc1)c1cccc(Cl)c1. The van der Waals surface area contributed by atoms with Crippen LogP contribution in [0.3, 0.4) is 0 Å². The zero-order valence-electron chi connectivity index (χ0n) is 17.6. The minimum Gasteiger partial charge on any atom is -0.489 e. The second-order valence-electron chi connectivity index (χ2n) is 6.99. The Kier molecular flexibility index (Phi) is 8.32. The van der Waals surface area contributed by atoms with Crippen molar-refractivity contribution in [2.75, 3.05) is 17.1 Å². The molecule has 0 saturated carbocycles. The van der Waals surface area contributed by atoms with Crippen LogP contribution in [-0.2, 0) is 21.4 Å². The number of rotatable bonds is 9. The average Bonchev–Trinajstić information content (AvgIpc) is 2.77. The lowest BCUT2D eigenvalue weighted by Crippen LogP contribution is -2.39. The van der Waals surface area contributed by atoms with E-state index in [1.807, 2.05) is 18.2 Å². The molecule has 0 heterocycles. The molecular weight excluding hydrogens is 485 g/mol. The van der Waals surface area contributed by atoms with Gasteiger partial charge in [0.15, 0.2) is 0 Å². The summed E-state index contributed by atoms with van der Waals surface area (Å²) in [4.78, 5) is 12.3. The molecule has 10 heteroatoms. The molecule has 0 radical (unpaired) electrons. The zero-order chi connectivity index (χ0) is 23.8. The van der Waals surface area contributed by atoms with E-state index in [2.05, 4.69) is 10.5 Å². The number of nitrogens with zero attached hydrogens (tertiary/aromatic N) is 2. The molecule has 0 fully saturated rings. The predicted octanol–water partition coefficient (Wildman–Crippen LogP) is 4.49. The van der Waals surface area contributed by atoms with Gasteiger partial charge in [0, 0.05) is 15.6 Å². The number of benzene rings is 3. The highest BCUT2D eigenvalue weighted by Crippen LogP contribution is 2.21. The minimum atomic E-state index is -3.70. The lowest BCUT2D eigenvalue weighted by molar-refractivity contribution is -0.119. The molecule has 0 unspecified atom stereocenters. The number of nitrogens with one attached hydrogen (secondary N) is 1. The van der Waals surface area contributed by atoms with Gasteiger partial charge in [0.1, 0.15) is 18.9 Å². The van der Waals surface area contributed by atoms with Crippen LogP contribution < -0.4 is 14.5 Å². The van der Waals surface area contributed by atoms with Gasteiger partial charge in [0.25, 0.3) is 5.91 Å². The fraction of sp³-hybridized carbons (Fsp3) is 0.130. The van der Waals surface area contributed by atoms with E-state index in [0.717, 1.165) is 21.7 Å². The number of hydrogen-bond donors (Lipinski definition) is 1. The van der Waals surface area contributed by atoms with E-state index >= 15 is 0 Å². The highest BCUT2D eigenvalue weighted by atomic mass is 35.5. The molecule has 3 rings (SSSR count). The second-order valence-corrected chi connectivity index (χ2v) is 9.74. The van der Waals surface area contributed by atoms with Crippen LogP contribution in [0.4, 0.5) is 5.69 Å². The Morgan fingerprint density at radius 2 is 1.79 bits per heavy atom. The summed E-state index contributed by atoms with van der Waals surface area (Å²) >= 11 is 12.1. The van der Waals surface area contributed by atoms with Crippen molar-refractivity contribution in [3.8, 4) is 5.75 Å². The Morgan fingerprint density at radius 3 is 2.45 bits per heavy atom. The molecule has 0 aliphatic rings. The topological polar surface area (TPSA) is 88.1 Å². The number of carbonyl (C=O) groups excluding carboxylic acids is 1. The molecule has 0 atom stereocenters. The van der Waals surface area contributed by atoms with Gasteiger partial charge in [-0.1, -0.05) is 47.5 Å². The maximum Gasteiger partial charge on any atom is 0.260 e. The Labute approximate surface area is 202 Å². The Balaban J connectivity index is 1.55. The number of sulfonamides is 1. The second kappa shape index (κ2) is 11.2. The standard InChI is InChI=1S/C23H21Cl2N3O4S/c1-33(30,31)28(20-7-4-6-19(24)13-20)15-23(29)27-26-14-17-9-11-21(12-10-17)32-16-18-5-2-3-8-22(18)25/h2-14H,15-16H2,1H3,(H,27,29)/b26-14-. The maximum absolute atomic E-state index is 12.3. The smallest absolute Gasteiger partial charge is 0.260 e. The monoisotopic (exact) mass is 505 g/mol. The third-order valence-corrected chi connectivity index (χ3v) is 6.16. The van der Waals surface area contributed by atoms with Crippen molar-refractivity contribution in [1.82, 2.24) is 5.43 Å². The summed E-state index contributed by atoms with van der Waals surface area (Å²) in [5.41, 5.74) is 4.22. The van der Waals surface area contributed by atoms with Crippen molar-refractivity contribution in [2.24, 2.45) is 5.10 Å². The van der Waals surface area contributed by atoms with E-state index in [9.17, 15) is 13.2 Å². The number of anilines is 1. The van der Waals surface area contributed by atoms with Gasteiger partial charge in [0.05, 0.1) is 18.2 Å². The fourth-order valence-electron chi connectivity index (χ4n) is 2.80. The van der Waals surface area contributed by atoms with Gasteiger partial charge in [-0.2, -0.15) is 5.10 Å². The van der Waals surface area contributed by atoms with Gasteiger partial charge in [-0.25, -0.2) is 13.8 Å². The number of hydrogen-bond acceptors (Lipinski definition) is 5. The normalized spacial score (nSPS) is 11.4. The van der Waals surface area contributed by atoms with Gasteiger partial charge in [0.2, 0.25) is 10.0 Å². The van der Waals surface area contributed by atoms with E-state index in [4.69, 9.17) is 27.9 Å². The van der Waals surface area contributed by atoms with E-state index in [0.29, 0.717) is 22.4 Å². The lowest BCUT2D eigenvalue weighted by Gasteiger charge is -2.21. The molecule has 0 bridgehead atoms. The van der Waals surface area contributed by atoms with E-state index in [1.165, 1.54) is 12.3 Å². The molecule has 172 valence electrons. The molecule has 0 spiro atoms. The highest BCUT2D eigenvalue weighted by molar-refractivity contribution is 7.92. The highest BCUT2D eigenvalue weighted by Gasteiger charge is 2.20. The first kappa shape index (κ1) is 24.6. The van der Waals surface area contributed by atoms with Crippen LogP contribution in [-0.4, -0.2) is 33.3 Å². The number of hydrazone groups is 1. The van der Waals surface area contributed by atoms with Crippen LogP contribution in [0.1, 0.15) is 11.1 Å². The summed E-state index contributed by atoms with van der Waals surface area (Å²) < 4.78 is 30.9. The minimum absolute atomic E-state index is 0.288. The first-order chi connectivity index (χ1) is 15.7. The molecule has 0 saturated heterocycles. The molecule has 3 aromatic carbocycles. The molecule has 7 nitrogen and oxygen atoms in total. The summed E-state index contributed by atoms with van der Waals surface area (Å²) in [6.07, 6.45) is 2.46. The Hall–Kier alpha value is -3.07. The van der Waals surface area contributed by atoms with Gasteiger partial charge >= 0.3 is 0 Å². The molecule has 3 aromatic rings. The van der Waals surface area contributed by atoms with Crippen molar-refractivity contribution in [3.05, 3.63) is 94.0 Å². The molecule has 33 heavy (non-hydrogen) atoms. The van der Waals surface area contributed by atoms with E-state index in [-0.39, 0.29) is 5.69 Å². The van der Waals surface area contributed by atoms with Crippen LogP contribution in [0.15, 0.2) is 77.9 Å². The van der Waals surface area contributed by atoms with E-state index in [1.54, 1.807) is 48.5 Å². The van der Waals surface area contributed by atoms with Gasteiger partial charge in [-0.3, -0.25) is 9.10 Å². The molecular formula is C23H21Cl2N3O4S. The summed E-state index contributed by atoms with van der Waals surface area (Å²) in [5, 5.41) is 4.89. The molecule has 0 aliphatic carbocycles. The van der Waals surface area contributed by atoms with Gasteiger partial charge in [-0.15, -0.1) is 0 Å². The first-order valence-corrected chi connectivity index (χ1v) is 12.3. The Morgan fingerprint density at radius 1 is 1.06 bits per heavy atom.